The third-order valence-corrected chi connectivity index (χ3v) is 4.90. The number of pyridine rings is 1. The average molecular weight is 380 g/mol. The molecule has 1 saturated carbocycles. The van der Waals surface area contributed by atoms with Gasteiger partial charge in [-0.25, -0.2) is 4.79 Å². The summed E-state index contributed by atoms with van der Waals surface area (Å²) in [5.74, 6) is 0.432. The second-order valence-electron chi connectivity index (χ2n) is 6.92. The minimum absolute atomic E-state index is 0.0966. The highest BCUT2D eigenvalue weighted by Gasteiger charge is 2.27. The molecule has 0 unspecified atom stereocenters. The second kappa shape index (κ2) is 6.99. The van der Waals surface area contributed by atoms with E-state index in [0.717, 1.165) is 24.1 Å². The van der Waals surface area contributed by atoms with Crippen LogP contribution in [0.4, 0.5) is 0 Å². The van der Waals surface area contributed by atoms with Crippen LogP contribution >= 0.6 is 0 Å². The van der Waals surface area contributed by atoms with Crippen molar-refractivity contribution in [3.63, 3.8) is 0 Å². The number of methoxy groups -OCH3 is 1. The molecule has 28 heavy (non-hydrogen) atoms. The maximum atomic E-state index is 12.9. The van der Waals surface area contributed by atoms with E-state index in [1.54, 1.807) is 20.1 Å². The Morgan fingerprint density at radius 3 is 2.68 bits per heavy atom. The normalized spacial score (nSPS) is 13.5. The third-order valence-electron chi connectivity index (χ3n) is 4.90. The van der Waals surface area contributed by atoms with Crippen molar-refractivity contribution in [1.29, 1.82) is 0 Å². The van der Waals surface area contributed by atoms with Crippen molar-refractivity contribution in [2.45, 2.75) is 32.2 Å². The summed E-state index contributed by atoms with van der Waals surface area (Å²) >= 11 is 0. The largest absolute Gasteiger partial charge is 0.497 e. The Morgan fingerprint density at radius 2 is 2.04 bits per heavy atom. The summed E-state index contributed by atoms with van der Waals surface area (Å²) in [6.45, 7) is 1.68. The number of hydrogen-bond acceptors (Lipinski definition) is 5. The van der Waals surface area contributed by atoms with Crippen LogP contribution < -0.4 is 10.1 Å². The lowest BCUT2D eigenvalue weighted by Gasteiger charge is -2.11. The second-order valence-corrected chi connectivity index (χ2v) is 6.92. The number of nitrogens with one attached hydrogen (secondary N) is 1. The fraction of sp³-hybridized carbons (Fsp3) is 0.286. The molecule has 0 aliphatic heterocycles. The predicted octanol–water partition coefficient (Wildman–Crippen LogP) is 3.65. The van der Waals surface area contributed by atoms with E-state index in [0.29, 0.717) is 34.1 Å². The molecule has 2 aromatic heterocycles. The molecule has 144 valence electrons. The Hall–Kier alpha value is -3.35. The van der Waals surface area contributed by atoms with Gasteiger partial charge in [0.1, 0.15) is 22.8 Å². The van der Waals surface area contributed by atoms with Crippen LogP contribution in [0.3, 0.4) is 0 Å². The molecule has 7 heteroatoms. The van der Waals surface area contributed by atoms with Gasteiger partial charge in [0.15, 0.2) is 0 Å². The highest BCUT2D eigenvalue weighted by molar-refractivity contribution is 6.06. The van der Waals surface area contributed by atoms with Crippen LogP contribution in [0, 0.1) is 6.92 Å². The van der Waals surface area contributed by atoms with Gasteiger partial charge in [-0.05, 0) is 50.1 Å². The van der Waals surface area contributed by atoms with E-state index in [4.69, 9.17) is 14.3 Å². The summed E-state index contributed by atoms with van der Waals surface area (Å²) in [5, 5.41) is 12.7. The van der Waals surface area contributed by atoms with E-state index < -0.39 is 5.97 Å². The molecule has 1 aromatic carbocycles. The van der Waals surface area contributed by atoms with Crippen LogP contribution in [-0.2, 0) is 6.54 Å². The standard InChI is InChI=1S/C21H20N2O5/c1-11-15(21(25)26)8-14(28-11)10-22-20(24)17-9-19(12-3-4-12)23-18-6-5-13(27-2)7-16(17)18/h5-9,12H,3-4,10H2,1-2H3,(H,22,24)(H,25,26). The molecule has 7 nitrogen and oxygen atoms in total. The molecule has 3 aromatic rings. The van der Waals surface area contributed by atoms with Gasteiger partial charge < -0.3 is 19.6 Å². The van der Waals surface area contributed by atoms with E-state index in [1.807, 2.05) is 18.2 Å². The SMILES string of the molecule is COc1ccc2nc(C3CC3)cc(C(=O)NCc3cc(C(=O)O)c(C)o3)c2c1. The summed E-state index contributed by atoms with van der Waals surface area (Å²) in [7, 11) is 1.58. The Balaban J connectivity index is 1.64. The first-order chi connectivity index (χ1) is 13.5. The minimum atomic E-state index is -1.06. The lowest BCUT2D eigenvalue weighted by molar-refractivity contribution is 0.0694. The summed E-state index contributed by atoms with van der Waals surface area (Å²) in [6, 6.07) is 8.75. The number of aromatic carboxylic acids is 1. The van der Waals surface area contributed by atoms with Gasteiger partial charge in [0.05, 0.1) is 24.7 Å². The molecule has 1 aliphatic rings. The van der Waals surface area contributed by atoms with Gasteiger partial charge in [0.25, 0.3) is 5.91 Å². The van der Waals surface area contributed by atoms with Crippen molar-refractivity contribution in [3.05, 3.63) is 58.7 Å². The van der Waals surface area contributed by atoms with Crippen LogP contribution in [-0.4, -0.2) is 29.1 Å². The highest BCUT2D eigenvalue weighted by atomic mass is 16.5. The Kier molecular flexibility index (Phi) is 4.50. The first-order valence-corrected chi connectivity index (χ1v) is 9.05. The number of carboxylic acid groups (broad SMARTS) is 1. The van der Waals surface area contributed by atoms with Crippen molar-refractivity contribution in [2.24, 2.45) is 0 Å². The van der Waals surface area contributed by atoms with Crippen molar-refractivity contribution in [3.8, 4) is 5.75 Å². The number of amides is 1. The van der Waals surface area contributed by atoms with Gasteiger partial charge >= 0.3 is 5.97 Å². The maximum absolute atomic E-state index is 12.9. The van der Waals surface area contributed by atoms with Crippen molar-refractivity contribution >= 4 is 22.8 Å². The lowest BCUT2D eigenvalue weighted by Crippen LogP contribution is -2.23. The number of carbonyl (C=O) groups is 2. The molecule has 0 bridgehead atoms. The number of hydrogen-bond donors (Lipinski definition) is 2. The number of aromatic nitrogens is 1. The van der Waals surface area contributed by atoms with Crippen molar-refractivity contribution < 1.29 is 23.8 Å². The van der Waals surface area contributed by atoms with Gasteiger partial charge in [0, 0.05) is 17.0 Å². The van der Waals surface area contributed by atoms with Crippen molar-refractivity contribution in [1.82, 2.24) is 10.3 Å². The molecule has 4 rings (SSSR count). The number of carboxylic acids is 1. The van der Waals surface area contributed by atoms with Gasteiger partial charge in [0.2, 0.25) is 0 Å². The average Bonchev–Trinajstić information content (AvgIpc) is 3.47. The maximum Gasteiger partial charge on any atom is 0.339 e. The van der Waals surface area contributed by atoms with Gasteiger partial charge in [-0.1, -0.05) is 0 Å². The molecule has 2 heterocycles. The Morgan fingerprint density at radius 1 is 1.25 bits per heavy atom. The molecule has 2 N–H and O–H groups in total. The van der Waals surface area contributed by atoms with E-state index in [2.05, 4.69) is 10.3 Å². The smallest absolute Gasteiger partial charge is 0.339 e. The van der Waals surface area contributed by atoms with Crippen LogP contribution in [0.5, 0.6) is 5.75 Å². The predicted molar refractivity (Wildman–Crippen MR) is 102 cm³/mol. The summed E-state index contributed by atoms with van der Waals surface area (Å²) in [5.41, 5.74) is 2.29. The minimum Gasteiger partial charge on any atom is -0.497 e. The number of aryl methyl sites for hydroxylation is 1. The number of carbonyl (C=O) groups excluding carboxylic acids is 1. The molecule has 0 spiro atoms. The number of benzene rings is 1. The van der Waals surface area contributed by atoms with Crippen LogP contribution in [0.25, 0.3) is 10.9 Å². The summed E-state index contributed by atoms with van der Waals surface area (Å²) in [4.78, 5) is 28.7. The number of furan rings is 1. The molecule has 1 fully saturated rings. The number of ether oxygens (including phenoxy) is 1. The Labute approximate surface area is 161 Å². The first-order valence-electron chi connectivity index (χ1n) is 9.05. The molecule has 0 saturated heterocycles. The van der Waals surface area contributed by atoms with Gasteiger partial charge in [-0.3, -0.25) is 9.78 Å². The fourth-order valence-corrected chi connectivity index (χ4v) is 3.23. The van der Waals surface area contributed by atoms with Crippen LogP contribution in [0.1, 0.15) is 56.7 Å². The molecule has 1 amide bonds. The zero-order valence-corrected chi connectivity index (χ0v) is 15.6. The van der Waals surface area contributed by atoms with E-state index in [1.165, 1.54) is 6.07 Å². The topological polar surface area (TPSA) is 102 Å². The zero-order chi connectivity index (χ0) is 19.8. The zero-order valence-electron chi connectivity index (χ0n) is 15.6. The lowest BCUT2D eigenvalue weighted by atomic mass is 10.0. The van der Waals surface area contributed by atoms with Gasteiger partial charge in [-0.15, -0.1) is 0 Å². The number of nitrogens with zero attached hydrogens (tertiary/aromatic N) is 1. The third kappa shape index (κ3) is 3.43. The molecular formula is C21H20N2O5. The van der Waals surface area contributed by atoms with Crippen LogP contribution in [0.15, 0.2) is 34.7 Å². The fourth-order valence-electron chi connectivity index (χ4n) is 3.23. The van der Waals surface area contributed by atoms with E-state index in [-0.39, 0.29) is 18.0 Å². The van der Waals surface area contributed by atoms with E-state index >= 15 is 0 Å². The Bertz CT molecular complexity index is 1080. The quantitative estimate of drug-likeness (QED) is 0.677. The molecular weight excluding hydrogens is 360 g/mol. The molecule has 1 aliphatic carbocycles. The molecule has 0 radical (unpaired) electrons. The van der Waals surface area contributed by atoms with Crippen LogP contribution in [0.2, 0.25) is 0 Å². The monoisotopic (exact) mass is 380 g/mol. The molecule has 0 atom stereocenters. The van der Waals surface area contributed by atoms with Crippen molar-refractivity contribution in [2.75, 3.05) is 7.11 Å². The highest BCUT2D eigenvalue weighted by Crippen LogP contribution is 2.40. The first kappa shape index (κ1) is 18.0. The number of rotatable bonds is 6. The van der Waals surface area contributed by atoms with E-state index in [9.17, 15) is 9.59 Å². The summed E-state index contributed by atoms with van der Waals surface area (Å²) < 4.78 is 10.7. The number of fused-ring (bicyclic) bond motifs is 1. The summed E-state index contributed by atoms with van der Waals surface area (Å²) in [6.07, 6.45) is 2.17. The van der Waals surface area contributed by atoms with Gasteiger partial charge in [-0.2, -0.15) is 0 Å².